The van der Waals surface area contributed by atoms with Gasteiger partial charge in [0.2, 0.25) is 5.91 Å². The highest BCUT2D eigenvalue weighted by Gasteiger charge is 2.27. The van der Waals surface area contributed by atoms with Gasteiger partial charge in [-0.25, -0.2) is 4.79 Å². The average Bonchev–Trinajstić information content (AvgIpc) is 3.09. The van der Waals surface area contributed by atoms with E-state index in [2.05, 4.69) is 13.8 Å². The largest absolute Gasteiger partial charge is 0.463 e. The highest BCUT2D eigenvalue weighted by Crippen LogP contribution is 2.24. The molecule has 0 aromatic carbocycles. The van der Waals surface area contributed by atoms with Gasteiger partial charge in [0, 0.05) is 25.2 Å². The summed E-state index contributed by atoms with van der Waals surface area (Å²) in [5.41, 5.74) is 1.69. The maximum atomic E-state index is 12.8. The Morgan fingerprint density at radius 3 is 2.67 bits per heavy atom. The van der Waals surface area contributed by atoms with Crippen LogP contribution >= 0.6 is 0 Å². The fourth-order valence-electron chi connectivity index (χ4n) is 3.62. The van der Waals surface area contributed by atoms with Gasteiger partial charge in [0.15, 0.2) is 5.58 Å². The van der Waals surface area contributed by atoms with E-state index in [4.69, 9.17) is 9.15 Å². The number of nitrogens with zero attached hydrogens (tertiary/aromatic N) is 2. The third-order valence-electron chi connectivity index (χ3n) is 4.52. The molecule has 2 aromatic rings. The van der Waals surface area contributed by atoms with Gasteiger partial charge >= 0.3 is 5.97 Å². The number of fused-ring (bicyclic) bond motifs is 1. The molecule has 1 saturated heterocycles. The van der Waals surface area contributed by atoms with Crippen molar-refractivity contribution in [3.63, 3.8) is 0 Å². The Bertz CT molecular complexity index is 735. The van der Waals surface area contributed by atoms with E-state index in [-0.39, 0.29) is 12.5 Å². The van der Waals surface area contributed by atoms with E-state index < -0.39 is 5.97 Å². The van der Waals surface area contributed by atoms with Crippen molar-refractivity contribution >= 4 is 23.0 Å². The molecule has 0 radical (unpaired) electrons. The second-order valence-corrected chi connectivity index (χ2v) is 6.75. The number of esters is 1. The summed E-state index contributed by atoms with van der Waals surface area (Å²) in [5.74, 6) is 0.594. The van der Waals surface area contributed by atoms with E-state index in [1.54, 1.807) is 29.9 Å². The minimum Gasteiger partial charge on any atom is -0.463 e. The Labute approximate surface area is 141 Å². The van der Waals surface area contributed by atoms with Crippen molar-refractivity contribution in [1.29, 1.82) is 0 Å². The second kappa shape index (κ2) is 6.71. The molecule has 2 atom stereocenters. The zero-order valence-electron chi connectivity index (χ0n) is 14.4. The lowest BCUT2D eigenvalue weighted by Gasteiger charge is -2.35. The number of piperidine rings is 1. The van der Waals surface area contributed by atoms with Gasteiger partial charge in [-0.05, 0) is 25.2 Å². The maximum absolute atomic E-state index is 12.8. The molecule has 1 aliphatic heterocycles. The Morgan fingerprint density at radius 2 is 2.00 bits per heavy atom. The number of amides is 1. The van der Waals surface area contributed by atoms with Gasteiger partial charge < -0.3 is 18.6 Å². The van der Waals surface area contributed by atoms with Gasteiger partial charge in [0.05, 0.1) is 18.4 Å². The maximum Gasteiger partial charge on any atom is 0.355 e. The zero-order valence-corrected chi connectivity index (χ0v) is 14.4. The first kappa shape index (κ1) is 16.6. The Morgan fingerprint density at radius 1 is 1.29 bits per heavy atom. The highest BCUT2D eigenvalue weighted by atomic mass is 16.5. The van der Waals surface area contributed by atoms with Crippen LogP contribution < -0.4 is 0 Å². The second-order valence-electron chi connectivity index (χ2n) is 6.75. The van der Waals surface area contributed by atoms with Gasteiger partial charge in [-0.3, -0.25) is 4.79 Å². The summed E-state index contributed by atoms with van der Waals surface area (Å²) in [6.45, 7) is 8.06. The molecule has 0 spiro atoms. The molecule has 1 fully saturated rings. The van der Waals surface area contributed by atoms with E-state index in [9.17, 15) is 9.59 Å². The molecule has 1 aliphatic rings. The number of carbonyl (C=O) groups excluding carboxylic acids is 2. The molecule has 0 N–H and O–H groups in total. The predicted octanol–water partition coefficient (Wildman–Crippen LogP) is 2.92. The number of rotatable bonds is 4. The summed E-state index contributed by atoms with van der Waals surface area (Å²) in [4.78, 5) is 26.9. The molecule has 1 amide bonds. The summed E-state index contributed by atoms with van der Waals surface area (Å²) in [7, 11) is 0. The van der Waals surface area contributed by atoms with Gasteiger partial charge in [-0.1, -0.05) is 13.8 Å². The van der Waals surface area contributed by atoms with Crippen molar-refractivity contribution in [2.75, 3.05) is 19.7 Å². The lowest BCUT2D eigenvalue weighted by Crippen LogP contribution is -2.44. The standard InChI is InChI=1S/C18H24N2O4/c1-4-23-18(22)15-8-16-14(5-6-24-16)20(15)11-17(21)19-9-12(2)7-13(3)10-19/h5-6,8,12-13H,4,7,9-11H2,1-3H3/t12-,13-/m1/s1. The molecule has 24 heavy (non-hydrogen) atoms. The number of hydrogen-bond donors (Lipinski definition) is 0. The van der Waals surface area contributed by atoms with Crippen LogP contribution in [0.3, 0.4) is 0 Å². The Balaban J connectivity index is 1.85. The number of carbonyl (C=O) groups is 2. The van der Waals surface area contributed by atoms with Crippen molar-refractivity contribution in [3.8, 4) is 0 Å². The fourth-order valence-corrected chi connectivity index (χ4v) is 3.62. The molecule has 2 aromatic heterocycles. The SMILES string of the molecule is CCOC(=O)c1cc2occc2n1CC(=O)N1C[C@H](C)C[C@@H](C)C1. The van der Waals surface area contributed by atoms with Crippen LogP contribution in [0.25, 0.3) is 11.1 Å². The lowest BCUT2D eigenvalue weighted by molar-refractivity contribution is -0.134. The van der Waals surface area contributed by atoms with Crippen LogP contribution in [0.1, 0.15) is 37.7 Å². The highest BCUT2D eigenvalue weighted by molar-refractivity contribution is 5.95. The van der Waals surface area contributed by atoms with Crippen molar-refractivity contribution in [2.24, 2.45) is 11.8 Å². The van der Waals surface area contributed by atoms with Gasteiger partial charge in [0.25, 0.3) is 0 Å². The normalized spacial score (nSPS) is 21.2. The first-order chi connectivity index (χ1) is 11.5. The molecule has 0 saturated carbocycles. The first-order valence-electron chi connectivity index (χ1n) is 8.51. The molecule has 6 nitrogen and oxygen atoms in total. The molecule has 3 heterocycles. The molecule has 130 valence electrons. The van der Waals surface area contributed by atoms with Crippen LogP contribution in [0.2, 0.25) is 0 Å². The number of aromatic nitrogens is 1. The Kier molecular flexibility index (Phi) is 4.64. The predicted molar refractivity (Wildman–Crippen MR) is 89.7 cm³/mol. The third-order valence-corrected chi connectivity index (χ3v) is 4.52. The number of likely N-dealkylation sites (tertiary alicyclic amines) is 1. The van der Waals surface area contributed by atoms with E-state index in [1.165, 1.54) is 0 Å². The average molecular weight is 332 g/mol. The zero-order chi connectivity index (χ0) is 17.3. The summed E-state index contributed by atoms with van der Waals surface area (Å²) in [6, 6.07) is 3.41. The van der Waals surface area contributed by atoms with Crippen LogP contribution in [0.5, 0.6) is 0 Å². The monoisotopic (exact) mass is 332 g/mol. The summed E-state index contributed by atoms with van der Waals surface area (Å²) < 4.78 is 12.2. The summed E-state index contributed by atoms with van der Waals surface area (Å²) >= 11 is 0. The molecular weight excluding hydrogens is 308 g/mol. The smallest absolute Gasteiger partial charge is 0.355 e. The van der Waals surface area contributed by atoms with Crippen molar-refractivity contribution < 1.29 is 18.7 Å². The molecule has 0 aliphatic carbocycles. The van der Waals surface area contributed by atoms with Crippen LogP contribution in [0.15, 0.2) is 22.8 Å². The first-order valence-corrected chi connectivity index (χ1v) is 8.51. The van der Waals surface area contributed by atoms with Gasteiger partial charge in [0.1, 0.15) is 12.2 Å². The molecular formula is C18H24N2O4. The van der Waals surface area contributed by atoms with Crippen LogP contribution in [0.4, 0.5) is 0 Å². The molecule has 6 heteroatoms. The topological polar surface area (TPSA) is 64.7 Å². The number of furan rings is 1. The van der Waals surface area contributed by atoms with Crippen LogP contribution in [-0.4, -0.2) is 41.0 Å². The fraction of sp³-hybridized carbons (Fsp3) is 0.556. The van der Waals surface area contributed by atoms with Crippen LogP contribution in [-0.2, 0) is 16.1 Å². The number of hydrogen-bond acceptors (Lipinski definition) is 4. The van der Waals surface area contributed by atoms with E-state index in [1.807, 2.05) is 4.90 Å². The van der Waals surface area contributed by atoms with E-state index in [0.29, 0.717) is 29.7 Å². The van der Waals surface area contributed by atoms with E-state index >= 15 is 0 Å². The molecule has 0 bridgehead atoms. The lowest BCUT2D eigenvalue weighted by atomic mass is 9.92. The summed E-state index contributed by atoms with van der Waals surface area (Å²) in [6.07, 6.45) is 2.71. The molecule has 0 unspecified atom stereocenters. The van der Waals surface area contributed by atoms with Gasteiger partial charge in [-0.2, -0.15) is 0 Å². The Hall–Kier alpha value is -2.24. The summed E-state index contributed by atoms with van der Waals surface area (Å²) in [5, 5.41) is 0. The van der Waals surface area contributed by atoms with E-state index in [0.717, 1.165) is 25.0 Å². The number of ether oxygens (including phenoxy) is 1. The third kappa shape index (κ3) is 3.18. The minimum absolute atomic E-state index is 0.0256. The molecule has 3 rings (SSSR count). The van der Waals surface area contributed by atoms with Crippen LogP contribution in [0, 0.1) is 11.8 Å². The van der Waals surface area contributed by atoms with Crippen molar-refractivity contribution in [3.05, 3.63) is 24.1 Å². The van der Waals surface area contributed by atoms with Gasteiger partial charge in [-0.15, -0.1) is 0 Å². The van der Waals surface area contributed by atoms with Crippen molar-refractivity contribution in [1.82, 2.24) is 9.47 Å². The minimum atomic E-state index is -0.433. The quantitative estimate of drug-likeness (QED) is 0.808. The van der Waals surface area contributed by atoms with Crippen molar-refractivity contribution in [2.45, 2.75) is 33.7 Å².